The van der Waals surface area contributed by atoms with Crippen molar-refractivity contribution in [3.8, 4) is 11.4 Å². The first-order valence-corrected chi connectivity index (χ1v) is 8.60. The van der Waals surface area contributed by atoms with Crippen LogP contribution in [0.4, 0.5) is 10.7 Å². The number of tetrazole rings is 1. The third-order valence-electron chi connectivity index (χ3n) is 2.74. The highest BCUT2D eigenvalue weighted by atomic mass is 35.5. The highest BCUT2D eigenvalue weighted by Crippen LogP contribution is 2.33. The maximum Gasteiger partial charge on any atom is 0.264 e. The minimum absolute atomic E-state index is 0.00815. The van der Waals surface area contributed by atoms with Crippen LogP contribution in [-0.2, 0) is 10.0 Å². The zero-order chi connectivity index (χ0) is 15.7. The molecule has 0 fully saturated rings. The normalized spacial score (nSPS) is 11.5. The van der Waals surface area contributed by atoms with Crippen LogP contribution in [0.1, 0.15) is 0 Å². The molecule has 114 valence electrons. The molecular formula is C11H9ClN6O2S2. The van der Waals surface area contributed by atoms with E-state index in [4.69, 9.17) is 17.3 Å². The molecule has 8 nitrogen and oxygen atoms in total. The molecule has 4 N–H and O–H groups in total. The Morgan fingerprint density at radius 2 is 2.18 bits per heavy atom. The first kappa shape index (κ1) is 14.8. The molecule has 1 aromatic carbocycles. The number of H-pyrrole nitrogens is 1. The summed E-state index contributed by atoms with van der Waals surface area (Å²) in [5.41, 5.74) is 6.42. The van der Waals surface area contributed by atoms with Crippen LogP contribution in [0.2, 0.25) is 5.02 Å². The zero-order valence-electron chi connectivity index (χ0n) is 10.8. The molecule has 22 heavy (non-hydrogen) atoms. The Bertz CT molecular complexity index is 893. The molecule has 0 aliphatic heterocycles. The lowest BCUT2D eigenvalue weighted by molar-refractivity contribution is 0.601. The first-order valence-electron chi connectivity index (χ1n) is 5.86. The summed E-state index contributed by atoms with van der Waals surface area (Å²) in [5, 5.41) is 15.5. The maximum absolute atomic E-state index is 12.5. The van der Waals surface area contributed by atoms with Crippen LogP contribution >= 0.6 is 22.9 Å². The zero-order valence-corrected chi connectivity index (χ0v) is 13.2. The average molecular weight is 357 g/mol. The molecule has 0 atom stereocenters. The third kappa shape index (κ3) is 2.75. The van der Waals surface area contributed by atoms with Gasteiger partial charge in [-0.05, 0) is 34.9 Å². The summed E-state index contributed by atoms with van der Waals surface area (Å²) >= 11 is 7.29. The Balaban J connectivity index is 2.09. The van der Waals surface area contributed by atoms with Gasteiger partial charge in [0.2, 0.25) is 5.82 Å². The number of nitrogens with one attached hydrogen (secondary N) is 2. The Labute approximate surface area is 134 Å². The van der Waals surface area contributed by atoms with Crippen molar-refractivity contribution < 1.29 is 8.42 Å². The summed E-state index contributed by atoms with van der Waals surface area (Å²) in [5.74, 6) is 0.182. The van der Waals surface area contributed by atoms with Gasteiger partial charge in [0.25, 0.3) is 10.0 Å². The summed E-state index contributed by atoms with van der Waals surface area (Å²) in [6.07, 6.45) is 0. The predicted molar refractivity (Wildman–Crippen MR) is 84.2 cm³/mol. The molecule has 3 rings (SSSR count). The second-order valence-corrected chi connectivity index (χ2v) is 7.19. The minimum Gasteiger partial charge on any atom is -0.398 e. The largest absolute Gasteiger partial charge is 0.398 e. The molecule has 0 saturated heterocycles. The van der Waals surface area contributed by atoms with Crippen LogP contribution in [0.15, 0.2) is 34.5 Å². The van der Waals surface area contributed by atoms with Crippen LogP contribution in [0.25, 0.3) is 11.4 Å². The molecule has 11 heteroatoms. The molecule has 0 amide bonds. The maximum atomic E-state index is 12.5. The lowest BCUT2D eigenvalue weighted by Crippen LogP contribution is -2.13. The van der Waals surface area contributed by atoms with Crippen molar-refractivity contribution in [3.05, 3.63) is 34.7 Å². The van der Waals surface area contributed by atoms with Gasteiger partial charge in [0.05, 0.1) is 5.02 Å². The molecule has 0 spiro atoms. The number of nitrogens with zero attached hydrogens (tertiary/aromatic N) is 3. The van der Waals surface area contributed by atoms with Gasteiger partial charge in [-0.3, -0.25) is 4.72 Å². The highest BCUT2D eigenvalue weighted by molar-refractivity contribution is 7.93. The lowest BCUT2D eigenvalue weighted by Gasteiger charge is -2.10. The van der Waals surface area contributed by atoms with E-state index in [0.717, 1.165) is 0 Å². The van der Waals surface area contributed by atoms with Crippen LogP contribution in [-0.4, -0.2) is 29.0 Å². The second-order valence-electron chi connectivity index (χ2n) is 4.19. The average Bonchev–Trinajstić information content (AvgIpc) is 3.10. The van der Waals surface area contributed by atoms with E-state index < -0.39 is 10.0 Å². The van der Waals surface area contributed by atoms with E-state index >= 15 is 0 Å². The smallest absolute Gasteiger partial charge is 0.264 e. The van der Waals surface area contributed by atoms with Crippen molar-refractivity contribution in [1.29, 1.82) is 0 Å². The lowest BCUT2D eigenvalue weighted by atomic mass is 10.2. The van der Waals surface area contributed by atoms with Crippen LogP contribution < -0.4 is 10.5 Å². The third-order valence-corrected chi connectivity index (χ3v) is 5.48. The topological polar surface area (TPSA) is 127 Å². The fourth-order valence-corrected chi connectivity index (χ4v) is 4.26. The van der Waals surface area contributed by atoms with Gasteiger partial charge in [-0.1, -0.05) is 11.6 Å². The summed E-state index contributed by atoms with van der Waals surface area (Å²) in [6.45, 7) is 0. The van der Waals surface area contributed by atoms with E-state index in [1.165, 1.54) is 23.5 Å². The van der Waals surface area contributed by atoms with Crippen LogP contribution in [0.5, 0.6) is 0 Å². The molecule has 0 bridgehead atoms. The quantitative estimate of drug-likeness (QED) is 0.613. The number of sulfonamides is 1. The van der Waals surface area contributed by atoms with Gasteiger partial charge in [-0.25, -0.2) is 8.42 Å². The number of thiophene rings is 1. The Morgan fingerprint density at radius 1 is 1.36 bits per heavy atom. The van der Waals surface area contributed by atoms with Gasteiger partial charge in [0.15, 0.2) is 0 Å². The number of nitrogen functional groups attached to an aromatic ring is 1. The SMILES string of the molecule is Nc1cc(Cl)c(S(=O)(=O)Nc2cccs2)cc1-c1nn[nH]n1. The van der Waals surface area contributed by atoms with E-state index in [9.17, 15) is 8.42 Å². The number of hydrogen-bond acceptors (Lipinski definition) is 7. The number of benzene rings is 1. The summed E-state index contributed by atoms with van der Waals surface area (Å²) in [6, 6.07) is 6.04. The number of hydrogen-bond donors (Lipinski definition) is 3. The van der Waals surface area contributed by atoms with Crippen molar-refractivity contribution in [1.82, 2.24) is 20.6 Å². The van der Waals surface area contributed by atoms with Crippen LogP contribution in [0.3, 0.4) is 0 Å². The molecule has 0 aliphatic rings. The molecule has 0 aliphatic carbocycles. The molecule has 0 unspecified atom stereocenters. The van der Waals surface area contributed by atoms with E-state index in [1.807, 2.05) is 0 Å². The van der Waals surface area contributed by atoms with Gasteiger partial charge < -0.3 is 5.73 Å². The van der Waals surface area contributed by atoms with Crippen molar-refractivity contribution in [3.63, 3.8) is 0 Å². The number of anilines is 2. The summed E-state index contributed by atoms with van der Waals surface area (Å²) < 4.78 is 27.4. The van der Waals surface area contributed by atoms with E-state index in [0.29, 0.717) is 10.6 Å². The molecule has 2 aromatic heterocycles. The van der Waals surface area contributed by atoms with Crippen molar-refractivity contribution in [2.24, 2.45) is 0 Å². The number of aromatic nitrogens is 4. The van der Waals surface area contributed by atoms with Crippen LogP contribution in [0, 0.1) is 0 Å². The monoisotopic (exact) mass is 356 g/mol. The standard InChI is InChI=1S/C11H9ClN6O2S2/c12-7-5-8(13)6(11-14-17-18-15-11)4-9(7)22(19,20)16-10-2-1-3-21-10/h1-5,16H,13H2,(H,14,15,17,18). The van der Waals surface area contributed by atoms with Gasteiger partial charge >= 0.3 is 0 Å². The molecule has 3 aromatic rings. The van der Waals surface area contributed by atoms with E-state index in [2.05, 4.69) is 25.3 Å². The fraction of sp³-hybridized carbons (Fsp3) is 0. The summed E-state index contributed by atoms with van der Waals surface area (Å²) in [4.78, 5) is -0.114. The second kappa shape index (κ2) is 5.55. The van der Waals surface area contributed by atoms with Gasteiger partial charge in [-0.2, -0.15) is 5.21 Å². The molecule has 0 radical (unpaired) electrons. The number of aromatic amines is 1. The molecular weight excluding hydrogens is 348 g/mol. The van der Waals surface area contributed by atoms with E-state index in [1.54, 1.807) is 17.5 Å². The first-order chi connectivity index (χ1) is 10.5. The molecule has 0 saturated carbocycles. The number of nitrogens with two attached hydrogens (primary N) is 1. The van der Waals surface area contributed by atoms with Gasteiger partial charge in [0, 0.05) is 11.3 Å². The predicted octanol–water partition coefficient (Wildman–Crippen LogP) is 1.96. The van der Waals surface area contributed by atoms with E-state index in [-0.39, 0.29) is 21.4 Å². The molecule has 2 heterocycles. The van der Waals surface area contributed by atoms with Gasteiger partial charge in [-0.15, -0.1) is 21.5 Å². The van der Waals surface area contributed by atoms with Crippen molar-refractivity contribution in [2.75, 3.05) is 10.5 Å². The number of rotatable bonds is 4. The van der Waals surface area contributed by atoms with Crippen molar-refractivity contribution >= 4 is 43.6 Å². The Hall–Kier alpha value is -2.17. The van der Waals surface area contributed by atoms with Crippen molar-refractivity contribution in [2.45, 2.75) is 4.90 Å². The summed E-state index contributed by atoms with van der Waals surface area (Å²) in [7, 11) is -3.86. The Morgan fingerprint density at radius 3 is 2.82 bits per heavy atom. The fourth-order valence-electron chi connectivity index (χ4n) is 1.77. The highest BCUT2D eigenvalue weighted by Gasteiger charge is 2.22. The Kier molecular flexibility index (Phi) is 3.72. The van der Waals surface area contributed by atoms with Gasteiger partial charge in [0.1, 0.15) is 9.90 Å². The number of halogens is 1. The minimum atomic E-state index is -3.86.